The molecule has 1 aromatic carbocycles. The van der Waals surface area contributed by atoms with Gasteiger partial charge in [0, 0.05) is 0 Å². The highest BCUT2D eigenvalue weighted by Gasteiger charge is 2.20. The highest BCUT2D eigenvalue weighted by atomic mass is 16.5. The van der Waals surface area contributed by atoms with E-state index < -0.39 is 0 Å². The molecule has 0 bridgehead atoms. The first kappa shape index (κ1) is 14.3. The van der Waals surface area contributed by atoms with Crippen LogP contribution in [0.1, 0.15) is 23.7 Å². The highest BCUT2D eigenvalue weighted by Crippen LogP contribution is 2.28. The maximum absolute atomic E-state index is 12.2. The van der Waals surface area contributed by atoms with Gasteiger partial charge in [0.2, 0.25) is 0 Å². The molecule has 0 aliphatic heterocycles. The fourth-order valence-corrected chi connectivity index (χ4v) is 1.61. The zero-order valence-electron chi connectivity index (χ0n) is 10.9. The van der Waals surface area contributed by atoms with Crippen molar-refractivity contribution in [3.05, 3.63) is 23.8 Å². The van der Waals surface area contributed by atoms with Gasteiger partial charge in [-0.05, 0) is 18.6 Å². The summed E-state index contributed by atoms with van der Waals surface area (Å²) < 4.78 is 10.3. The van der Waals surface area contributed by atoms with E-state index in [1.807, 2.05) is 6.92 Å². The normalized spacial score (nSPS) is 11.8. The van der Waals surface area contributed by atoms with Crippen LogP contribution in [0, 0.1) is 0 Å². The number of rotatable bonds is 6. The summed E-state index contributed by atoms with van der Waals surface area (Å²) in [6.07, 6.45) is 0.652. The summed E-state index contributed by atoms with van der Waals surface area (Å²) in [7, 11) is 2.99. The first-order valence-electron chi connectivity index (χ1n) is 5.80. The minimum Gasteiger partial charge on any atom is -0.496 e. The number of benzene rings is 1. The third kappa shape index (κ3) is 3.13. The fourth-order valence-electron chi connectivity index (χ4n) is 1.61. The predicted molar refractivity (Wildman–Crippen MR) is 68.2 cm³/mol. The van der Waals surface area contributed by atoms with E-state index in [1.54, 1.807) is 18.2 Å². The second kappa shape index (κ2) is 6.86. The third-order valence-electron chi connectivity index (χ3n) is 2.70. The van der Waals surface area contributed by atoms with Crippen LogP contribution >= 0.6 is 0 Å². The number of nitrogens with one attached hydrogen (secondary N) is 1. The highest BCUT2D eigenvalue weighted by molar-refractivity contribution is 5.99. The van der Waals surface area contributed by atoms with Crippen molar-refractivity contribution in [3.63, 3.8) is 0 Å². The molecule has 1 rings (SSSR count). The van der Waals surface area contributed by atoms with E-state index in [1.165, 1.54) is 14.2 Å². The molecule has 0 fully saturated rings. The van der Waals surface area contributed by atoms with E-state index >= 15 is 0 Å². The molecule has 0 aliphatic rings. The van der Waals surface area contributed by atoms with Gasteiger partial charge in [-0.15, -0.1) is 0 Å². The summed E-state index contributed by atoms with van der Waals surface area (Å²) in [5, 5.41) is 11.8. The van der Waals surface area contributed by atoms with Gasteiger partial charge in [0.1, 0.15) is 17.1 Å². The van der Waals surface area contributed by atoms with E-state index in [2.05, 4.69) is 5.32 Å². The zero-order chi connectivity index (χ0) is 13.5. The number of methoxy groups -OCH3 is 2. The van der Waals surface area contributed by atoms with Crippen molar-refractivity contribution >= 4 is 5.91 Å². The van der Waals surface area contributed by atoms with Gasteiger partial charge in [-0.25, -0.2) is 0 Å². The lowest BCUT2D eigenvalue weighted by Gasteiger charge is -2.17. The smallest absolute Gasteiger partial charge is 0.259 e. The summed E-state index contributed by atoms with van der Waals surface area (Å²) >= 11 is 0. The molecule has 18 heavy (non-hydrogen) atoms. The first-order valence-corrected chi connectivity index (χ1v) is 5.80. The van der Waals surface area contributed by atoms with Crippen molar-refractivity contribution in [1.29, 1.82) is 0 Å². The molecular formula is C13H19NO4. The lowest BCUT2D eigenvalue weighted by molar-refractivity contribution is 0.0908. The number of aliphatic hydroxyl groups excluding tert-OH is 1. The quantitative estimate of drug-likeness (QED) is 0.799. The zero-order valence-corrected chi connectivity index (χ0v) is 10.9. The first-order chi connectivity index (χ1) is 8.67. The molecule has 1 amide bonds. The van der Waals surface area contributed by atoms with Crippen molar-refractivity contribution in [2.75, 3.05) is 20.8 Å². The van der Waals surface area contributed by atoms with Crippen LogP contribution in [-0.4, -0.2) is 37.9 Å². The van der Waals surface area contributed by atoms with Crippen LogP contribution in [0.2, 0.25) is 0 Å². The largest absolute Gasteiger partial charge is 0.496 e. The summed E-state index contributed by atoms with van der Waals surface area (Å²) in [4.78, 5) is 12.2. The van der Waals surface area contributed by atoms with Gasteiger partial charge in [-0.1, -0.05) is 13.0 Å². The lowest BCUT2D eigenvalue weighted by atomic mass is 10.1. The van der Waals surface area contributed by atoms with E-state index in [4.69, 9.17) is 14.6 Å². The number of hydrogen-bond donors (Lipinski definition) is 2. The van der Waals surface area contributed by atoms with Gasteiger partial charge in [0.25, 0.3) is 5.91 Å². The number of carbonyl (C=O) groups is 1. The topological polar surface area (TPSA) is 67.8 Å². The van der Waals surface area contributed by atoms with Crippen molar-refractivity contribution in [2.45, 2.75) is 19.4 Å². The molecule has 0 unspecified atom stereocenters. The summed E-state index contributed by atoms with van der Waals surface area (Å²) in [5.41, 5.74) is 0.342. The predicted octanol–water partition coefficient (Wildman–Crippen LogP) is 1.20. The van der Waals surface area contributed by atoms with Gasteiger partial charge in [-0.2, -0.15) is 0 Å². The van der Waals surface area contributed by atoms with Crippen molar-refractivity contribution in [2.24, 2.45) is 0 Å². The van der Waals surface area contributed by atoms with Gasteiger partial charge in [-0.3, -0.25) is 4.79 Å². The number of amides is 1. The molecule has 0 saturated carbocycles. The van der Waals surface area contributed by atoms with Crippen LogP contribution in [0.25, 0.3) is 0 Å². The van der Waals surface area contributed by atoms with Crippen molar-refractivity contribution in [3.8, 4) is 11.5 Å². The van der Waals surface area contributed by atoms with Crippen LogP contribution in [-0.2, 0) is 0 Å². The monoisotopic (exact) mass is 253 g/mol. The molecule has 1 aromatic rings. The number of carbonyl (C=O) groups excluding carboxylic acids is 1. The van der Waals surface area contributed by atoms with E-state index in [9.17, 15) is 4.79 Å². The van der Waals surface area contributed by atoms with Gasteiger partial charge in [0.15, 0.2) is 0 Å². The number of hydrogen-bond acceptors (Lipinski definition) is 4. The molecule has 5 nitrogen and oxygen atoms in total. The molecule has 100 valence electrons. The fraction of sp³-hybridized carbons (Fsp3) is 0.462. The Labute approximate surface area is 107 Å². The molecule has 2 N–H and O–H groups in total. The van der Waals surface area contributed by atoms with Crippen LogP contribution < -0.4 is 14.8 Å². The van der Waals surface area contributed by atoms with Gasteiger partial charge in [0.05, 0.1) is 26.9 Å². The molecule has 0 radical (unpaired) electrons. The average Bonchev–Trinajstić information content (AvgIpc) is 2.43. The molecule has 5 heteroatoms. The molecule has 0 aliphatic carbocycles. The van der Waals surface area contributed by atoms with Crippen LogP contribution in [0.5, 0.6) is 11.5 Å². The molecule has 1 atom stereocenters. The van der Waals surface area contributed by atoms with Gasteiger partial charge < -0.3 is 19.9 Å². The van der Waals surface area contributed by atoms with Crippen LogP contribution in [0.3, 0.4) is 0 Å². The maximum Gasteiger partial charge on any atom is 0.259 e. The molecule has 0 saturated heterocycles. The van der Waals surface area contributed by atoms with Crippen molar-refractivity contribution < 1.29 is 19.4 Å². The molecule has 0 aromatic heterocycles. The number of ether oxygens (including phenoxy) is 2. The maximum atomic E-state index is 12.2. The van der Waals surface area contributed by atoms with Crippen LogP contribution in [0.4, 0.5) is 0 Å². The Morgan fingerprint density at radius 2 is 1.89 bits per heavy atom. The minimum atomic E-state index is -0.315. The Kier molecular flexibility index (Phi) is 5.45. The van der Waals surface area contributed by atoms with Gasteiger partial charge >= 0.3 is 0 Å². The summed E-state index contributed by atoms with van der Waals surface area (Å²) in [6, 6.07) is 4.86. The Balaban J connectivity index is 3.03. The lowest BCUT2D eigenvalue weighted by Crippen LogP contribution is -2.37. The Morgan fingerprint density at radius 1 is 1.33 bits per heavy atom. The van der Waals surface area contributed by atoms with E-state index in [0.717, 1.165) is 0 Å². The van der Waals surface area contributed by atoms with E-state index in [0.29, 0.717) is 23.5 Å². The second-order valence-corrected chi connectivity index (χ2v) is 3.80. The Bertz CT molecular complexity index is 380. The molecular weight excluding hydrogens is 234 g/mol. The van der Waals surface area contributed by atoms with E-state index in [-0.39, 0.29) is 18.6 Å². The van der Waals surface area contributed by atoms with Crippen LogP contribution in [0.15, 0.2) is 18.2 Å². The van der Waals surface area contributed by atoms with Crippen molar-refractivity contribution in [1.82, 2.24) is 5.32 Å². The summed E-state index contributed by atoms with van der Waals surface area (Å²) in [6.45, 7) is 1.79. The summed E-state index contributed by atoms with van der Waals surface area (Å²) in [5.74, 6) is 0.574. The second-order valence-electron chi connectivity index (χ2n) is 3.80. The Morgan fingerprint density at radius 3 is 2.28 bits per heavy atom. The SMILES string of the molecule is CC[C@@H](CO)NC(=O)c1c(OC)cccc1OC. The third-order valence-corrected chi connectivity index (χ3v) is 2.70. The standard InChI is InChI=1S/C13H19NO4/c1-4-9(8-15)14-13(16)12-10(17-2)6-5-7-11(12)18-3/h5-7,9,15H,4,8H2,1-3H3,(H,14,16)/t9-/m0/s1. The molecule has 0 spiro atoms. The molecule has 0 heterocycles. The number of aliphatic hydroxyl groups is 1. The average molecular weight is 253 g/mol. The Hall–Kier alpha value is -1.75. The minimum absolute atomic E-state index is 0.0975.